The van der Waals surface area contributed by atoms with Crippen molar-refractivity contribution in [1.29, 1.82) is 0 Å². The number of nitrogens with one attached hydrogen (secondary N) is 1. The smallest absolute Gasteiger partial charge is 0.338 e. The first kappa shape index (κ1) is 18.9. The molecule has 0 aliphatic carbocycles. The number of hydrogen-bond donors (Lipinski definition) is 1. The van der Waals surface area contributed by atoms with Gasteiger partial charge in [-0.2, -0.15) is 0 Å². The van der Waals surface area contributed by atoms with Gasteiger partial charge in [0, 0.05) is 6.07 Å². The third kappa shape index (κ3) is 4.79. The standard InChI is InChI=1S/C18H18N2O6/c1-12(13-6-4-3-5-7-13)19-17(21)11-26-18(22)14-8-9-16(25-2)15(10-14)20(23)24/h3-10,12H,11H2,1-2H3,(H,19,21)/t12-/m0/s1. The fraction of sp³-hybridized carbons (Fsp3) is 0.222. The fourth-order valence-electron chi connectivity index (χ4n) is 2.28. The molecule has 8 heteroatoms. The predicted molar refractivity (Wildman–Crippen MR) is 92.9 cm³/mol. The Morgan fingerprint density at radius 3 is 2.50 bits per heavy atom. The van der Waals surface area contributed by atoms with E-state index in [2.05, 4.69) is 5.32 Å². The number of nitrogens with zero attached hydrogens (tertiary/aromatic N) is 1. The van der Waals surface area contributed by atoms with Crippen LogP contribution in [0.25, 0.3) is 0 Å². The molecule has 1 atom stereocenters. The van der Waals surface area contributed by atoms with Crippen LogP contribution in [0.15, 0.2) is 48.5 Å². The first-order chi connectivity index (χ1) is 12.4. The Balaban J connectivity index is 1.95. The number of benzene rings is 2. The molecule has 0 unspecified atom stereocenters. The molecular weight excluding hydrogens is 340 g/mol. The number of carbonyl (C=O) groups is 2. The predicted octanol–water partition coefficient (Wildman–Crippen LogP) is 2.64. The summed E-state index contributed by atoms with van der Waals surface area (Å²) in [6.45, 7) is 1.32. The third-order valence-corrected chi connectivity index (χ3v) is 3.62. The lowest BCUT2D eigenvalue weighted by atomic mass is 10.1. The number of esters is 1. The maximum absolute atomic E-state index is 12.0. The maximum atomic E-state index is 12.0. The summed E-state index contributed by atoms with van der Waals surface area (Å²) in [5.41, 5.74) is 0.517. The van der Waals surface area contributed by atoms with Crippen LogP contribution < -0.4 is 10.1 Å². The summed E-state index contributed by atoms with van der Waals surface area (Å²) >= 11 is 0. The Hall–Kier alpha value is -3.42. The lowest BCUT2D eigenvalue weighted by Crippen LogP contribution is -2.31. The maximum Gasteiger partial charge on any atom is 0.338 e. The number of nitro benzene ring substituents is 1. The van der Waals surface area contributed by atoms with Crippen molar-refractivity contribution < 1.29 is 24.0 Å². The Labute approximate surface area is 149 Å². The minimum atomic E-state index is -0.835. The quantitative estimate of drug-likeness (QED) is 0.463. The van der Waals surface area contributed by atoms with Crippen molar-refractivity contribution >= 4 is 17.6 Å². The number of nitro groups is 1. The largest absolute Gasteiger partial charge is 0.490 e. The van der Waals surface area contributed by atoms with Crippen LogP contribution in [0, 0.1) is 10.1 Å². The van der Waals surface area contributed by atoms with Gasteiger partial charge in [-0.1, -0.05) is 30.3 Å². The zero-order valence-corrected chi connectivity index (χ0v) is 14.3. The van der Waals surface area contributed by atoms with Gasteiger partial charge in [-0.25, -0.2) is 4.79 Å². The van der Waals surface area contributed by atoms with E-state index in [1.807, 2.05) is 37.3 Å². The summed E-state index contributed by atoms with van der Waals surface area (Å²) in [5.74, 6) is -1.28. The second kappa shape index (κ2) is 8.61. The van der Waals surface area contributed by atoms with E-state index in [1.54, 1.807) is 0 Å². The molecule has 0 aliphatic heterocycles. The van der Waals surface area contributed by atoms with Crippen LogP contribution in [-0.2, 0) is 9.53 Å². The first-order valence-corrected chi connectivity index (χ1v) is 7.76. The molecule has 2 rings (SSSR count). The zero-order chi connectivity index (χ0) is 19.1. The van der Waals surface area contributed by atoms with Crippen LogP contribution in [0.5, 0.6) is 5.75 Å². The molecule has 0 spiro atoms. The van der Waals surface area contributed by atoms with Crippen LogP contribution in [0.1, 0.15) is 28.9 Å². The SMILES string of the molecule is COc1ccc(C(=O)OCC(=O)N[C@@H](C)c2ccccc2)cc1[N+](=O)[O-]. The van der Waals surface area contributed by atoms with Gasteiger partial charge in [-0.05, 0) is 24.6 Å². The van der Waals surface area contributed by atoms with Gasteiger partial charge in [0.2, 0.25) is 0 Å². The average molecular weight is 358 g/mol. The van der Waals surface area contributed by atoms with Crippen molar-refractivity contribution in [3.05, 3.63) is 69.8 Å². The highest BCUT2D eigenvalue weighted by atomic mass is 16.6. The molecular formula is C18H18N2O6. The Kier molecular flexibility index (Phi) is 6.26. The van der Waals surface area contributed by atoms with E-state index in [4.69, 9.17) is 9.47 Å². The molecule has 0 fully saturated rings. The van der Waals surface area contributed by atoms with Gasteiger partial charge >= 0.3 is 11.7 Å². The van der Waals surface area contributed by atoms with Crippen LogP contribution in [0.4, 0.5) is 5.69 Å². The lowest BCUT2D eigenvalue weighted by Gasteiger charge is -2.14. The molecule has 1 amide bonds. The molecule has 0 aromatic heterocycles. The van der Waals surface area contributed by atoms with Crippen molar-refractivity contribution in [2.24, 2.45) is 0 Å². The highest BCUT2D eigenvalue weighted by Crippen LogP contribution is 2.27. The van der Waals surface area contributed by atoms with Gasteiger partial charge in [-0.15, -0.1) is 0 Å². The van der Waals surface area contributed by atoms with Gasteiger partial charge in [0.05, 0.1) is 23.6 Å². The van der Waals surface area contributed by atoms with E-state index >= 15 is 0 Å². The summed E-state index contributed by atoms with van der Waals surface area (Å²) in [6.07, 6.45) is 0. The molecule has 0 saturated carbocycles. The minimum absolute atomic E-state index is 0.0287. The van der Waals surface area contributed by atoms with Gasteiger partial charge in [0.15, 0.2) is 12.4 Å². The van der Waals surface area contributed by atoms with E-state index in [1.165, 1.54) is 19.2 Å². The van der Waals surface area contributed by atoms with Crippen LogP contribution in [0.2, 0.25) is 0 Å². The molecule has 0 heterocycles. The zero-order valence-electron chi connectivity index (χ0n) is 14.3. The topological polar surface area (TPSA) is 108 Å². The number of ether oxygens (including phenoxy) is 2. The van der Waals surface area contributed by atoms with Crippen molar-refractivity contribution in [3.8, 4) is 5.75 Å². The van der Waals surface area contributed by atoms with Gasteiger partial charge in [0.1, 0.15) is 0 Å². The highest BCUT2D eigenvalue weighted by Gasteiger charge is 2.20. The number of carbonyl (C=O) groups excluding carboxylic acids is 2. The second-order valence-corrected chi connectivity index (χ2v) is 5.42. The molecule has 0 radical (unpaired) electrons. The molecule has 0 saturated heterocycles. The summed E-state index contributed by atoms with van der Waals surface area (Å²) in [4.78, 5) is 34.3. The van der Waals surface area contributed by atoms with Gasteiger partial charge in [-0.3, -0.25) is 14.9 Å². The molecule has 2 aromatic rings. The van der Waals surface area contributed by atoms with Crippen molar-refractivity contribution in [2.45, 2.75) is 13.0 Å². The average Bonchev–Trinajstić information content (AvgIpc) is 2.66. The van der Waals surface area contributed by atoms with E-state index < -0.39 is 23.4 Å². The monoisotopic (exact) mass is 358 g/mol. The van der Waals surface area contributed by atoms with Crippen molar-refractivity contribution in [3.63, 3.8) is 0 Å². The summed E-state index contributed by atoms with van der Waals surface area (Å²) < 4.78 is 9.79. The molecule has 0 bridgehead atoms. The van der Waals surface area contributed by atoms with Gasteiger partial charge in [0.25, 0.3) is 5.91 Å². The lowest BCUT2D eigenvalue weighted by molar-refractivity contribution is -0.385. The Morgan fingerprint density at radius 2 is 1.88 bits per heavy atom. The van der Waals surface area contributed by atoms with Crippen molar-refractivity contribution in [2.75, 3.05) is 13.7 Å². The molecule has 26 heavy (non-hydrogen) atoms. The summed E-state index contributed by atoms with van der Waals surface area (Å²) in [5, 5.41) is 13.7. The first-order valence-electron chi connectivity index (χ1n) is 7.76. The number of amides is 1. The number of methoxy groups -OCH3 is 1. The van der Waals surface area contributed by atoms with E-state index in [9.17, 15) is 19.7 Å². The van der Waals surface area contributed by atoms with Crippen LogP contribution >= 0.6 is 0 Å². The van der Waals surface area contributed by atoms with Gasteiger partial charge < -0.3 is 14.8 Å². The highest BCUT2D eigenvalue weighted by molar-refractivity contribution is 5.92. The molecule has 2 aromatic carbocycles. The Bertz CT molecular complexity index is 807. The Morgan fingerprint density at radius 1 is 1.19 bits per heavy atom. The fourth-order valence-corrected chi connectivity index (χ4v) is 2.28. The summed E-state index contributed by atoms with van der Waals surface area (Å²) in [7, 11) is 1.29. The molecule has 0 aliphatic rings. The number of hydrogen-bond acceptors (Lipinski definition) is 6. The van der Waals surface area contributed by atoms with E-state index in [-0.39, 0.29) is 23.0 Å². The molecule has 136 valence electrons. The van der Waals surface area contributed by atoms with E-state index in [0.717, 1.165) is 11.6 Å². The van der Waals surface area contributed by atoms with Crippen LogP contribution in [0.3, 0.4) is 0 Å². The minimum Gasteiger partial charge on any atom is -0.490 e. The normalized spacial score (nSPS) is 11.3. The summed E-state index contributed by atoms with van der Waals surface area (Å²) in [6, 6.07) is 12.7. The second-order valence-electron chi connectivity index (χ2n) is 5.42. The molecule has 1 N–H and O–H groups in total. The number of rotatable bonds is 7. The third-order valence-electron chi connectivity index (χ3n) is 3.62. The van der Waals surface area contributed by atoms with Crippen LogP contribution in [-0.4, -0.2) is 30.5 Å². The molecule has 8 nitrogen and oxygen atoms in total. The van der Waals surface area contributed by atoms with Crippen molar-refractivity contribution in [1.82, 2.24) is 5.32 Å². The van der Waals surface area contributed by atoms with E-state index in [0.29, 0.717) is 0 Å².